The molecular formula is C13H18N4O2. The fourth-order valence-corrected chi connectivity index (χ4v) is 1.44. The Labute approximate surface area is 112 Å². The molecule has 6 heteroatoms. The maximum Gasteiger partial charge on any atom is 0.251 e. The highest BCUT2D eigenvalue weighted by Crippen LogP contribution is 2.15. The molecule has 0 spiro atoms. The average molecular weight is 262 g/mol. The molecular weight excluding hydrogens is 244 g/mol. The van der Waals surface area contributed by atoms with E-state index in [1.807, 2.05) is 13.8 Å². The van der Waals surface area contributed by atoms with Gasteiger partial charge in [0.15, 0.2) is 0 Å². The molecule has 1 aromatic rings. The van der Waals surface area contributed by atoms with Gasteiger partial charge in [-0.25, -0.2) is 0 Å². The molecule has 0 saturated heterocycles. The lowest BCUT2D eigenvalue weighted by Crippen LogP contribution is -2.35. The number of nitrogens with zero attached hydrogens (tertiary/aromatic N) is 3. The van der Waals surface area contributed by atoms with E-state index in [1.165, 1.54) is 0 Å². The van der Waals surface area contributed by atoms with Crippen LogP contribution in [0.2, 0.25) is 0 Å². The van der Waals surface area contributed by atoms with Gasteiger partial charge in [-0.15, -0.1) is 0 Å². The Morgan fingerprint density at radius 3 is 2.58 bits per heavy atom. The van der Waals surface area contributed by atoms with Crippen molar-refractivity contribution in [3.63, 3.8) is 0 Å². The van der Waals surface area contributed by atoms with Gasteiger partial charge < -0.3 is 10.1 Å². The number of hydrogen-bond donors (Lipinski definition) is 1. The second-order valence-corrected chi connectivity index (χ2v) is 4.96. The first kappa shape index (κ1) is 14.9. The number of carbonyl (C=O) groups excluding carboxylic acids is 1. The zero-order chi connectivity index (χ0) is 14.3. The highest BCUT2D eigenvalue weighted by molar-refractivity contribution is 5.94. The van der Waals surface area contributed by atoms with E-state index in [4.69, 9.17) is 10.3 Å². The molecule has 102 valence electrons. The van der Waals surface area contributed by atoms with Crippen LogP contribution in [0.1, 0.15) is 24.2 Å². The minimum absolute atomic E-state index is 0.156. The van der Waals surface area contributed by atoms with Crippen LogP contribution in [-0.4, -0.2) is 26.1 Å². The number of ether oxygens (including phenoxy) is 1. The van der Waals surface area contributed by atoms with E-state index in [1.54, 1.807) is 31.4 Å². The van der Waals surface area contributed by atoms with Crippen molar-refractivity contribution >= 4 is 5.91 Å². The first-order chi connectivity index (χ1) is 8.98. The Kier molecular flexibility index (Phi) is 5.21. The summed E-state index contributed by atoms with van der Waals surface area (Å²) in [6.45, 7) is 4.63. The van der Waals surface area contributed by atoms with E-state index in [9.17, 15) is 4.79 Å². The Hall–Kier alpha value is -2.20. The molecule has 0 aliphatic carbocycles. The Bertz CT molecular complexity index is 476. The first-order valence-corrected chi connectivity index (χ1v) is 5.91. The highest BCUT2D eigenvalue weighted by atomic mass is 16.5. The maximum atomic E-state index is 11.9. The van der Waals surface area contributed by atoms with Crippen LogP contribution in [0.25, 0.3) is 10.4 Å². The Morgan fingerprint density at radius 1 is 1.42 bits per heavy atom. The third kappa shape index (κ3) is 4.89. The summed E-state index contributed by atoms with van der Waals surface area (Å²) < 4.78 is 5.03. The number of hydrogen-bond acceptors (Lipinski definition) is 3. The molecule has 0 aliphatic rings. The van der Waals surface area contributed by atoms with Gasteiger partial charge >= 0.3 is 0 Å². The first-order valence-electron chi connectivity index (χ1n) is 5.91. The summed E-state index contributed by atoms with van der Waals surface area (Å²) in [5.41, 5.74) is 8.59. The van der Waals surface area contributed by atoms with Gasteiger partial charge in [0.05, 0.1) is 7.11 Å². The third-order valence-corrected chi connectivity index (χ3v) is 2.64. The standard InChI is InChI=1S/C13H18N4O2/c1-13(2,9-16-17-14)8-15-12(18)10-4-6-11(19-3)7-5-10/h4-7H,8-9H2,1-3H3,(H,15,18). The lowest BCUT2D eigenvalue weighted by molar-refractivity contribution is 0.0938. The van der Waals surface area contributed by atoms with Gasteiger partial charge in [0.2, 0.25) is 0 Å². The molecule has 6 nitrogen and oxygen atoms in total. The molecule has 0 atom stereocenters. The van der Waals surface area contributed by atoms with Gasteiger partial charge in [-0.1, -0.05) is 19.0 Å². The predicted molar refractivity (Wildman–Crippen MR) is 73.1 cm³/mol. The molecule has 0 fully saturated rings. The summed E-state index contributed by atoms with van der Waals surface area (Å²) in [7, 11) is 1.58. The van der Waals surface area contributed by atoms with Gasteiger partial charge in [0, 0.05) is 23.6 Å². The van der Waals surface area contributed by atoms with E-state index < -0.39 is 0 Å². The lowest BCUT2D eigenvalue weighted by atomic mass is 9.94. The Morgan fingerprint density at radius 2 is 2.05 bits per heavy atom. The number of amides is 1. The van der Waals surface area contributed by atoms with E-state index in [0.29, 0.717) is 24.4 Å². The van der Waals surface area contributed by atoms with Crippen molar-refractivity contribution in [2.45, 2.75) is 13.8 Å². The molecule has 1 aromatic carbocycles. The summed E-state index contributed by atoms with van der Waals surface area (Å²) in [5.74, 6) is 0.553. The fraction of sp³-hybridized carbons (Fsp3) is 0.462. The fourth-order valence-electron chi connectivity index (χ4n) is 1.44. The summed E-state index contributed by atoms with van der Waals surface area (Å²) in [6, 6.07) is 6.88. The molecule has 1 rings (SSSR count). The van der Waals surface area contributed by atoms with E-state index >= 15 is 0 Å². The van der Waals surface area contributed by atoms with Crippen LogP contribution in [0, 0.1) is 5.41 Å². The third-order valence-electron chi connectivity index (χ3n) is 2.64. The van der Waals surface area contributed by atoms with Crippen LogP contribution in [-0.2, 0) is 0 Å². The van der Waals surface area contributed by atoms with E-state index in [2.05, 4.69) is 15.3 Å². The smallest absolute Gasteiger partial charge is 0.251 e. The van der Waals surface area contributed by atoms with Gasteiger partial charge in [0.1, 0.15) is 5.75 Å². The summed E-state index contributed by atoms with van der Waals surface area (Å²) in [6.07, 6.45) is 0. The number of rotatable bonds is 6. The molecule has 1 N–H and O–H groups in total. The predicted octanol–water partition coefficient (Wildman–Crippen LogP) is 2.76. The van der Waals surface area contributed by atoms with Gasteiger partial charge in [0.25, 0.3) is 5.91 Å². The number of benzene rings is 1. The molecule has 0 bridgehead atoms. The van der Waals surface area contributed by atoms with Crippen LogP contribution in [0.4, 0.5) is 0 Å². The zero-order valence-electron chi connectivity index (χ0n) is 11.4. The van der Waals surface area contributed by atoms with Gasteiger partial charge in [-0.05, 0) is 35.2 Å². The Balaban J connectivity index is 2.57. The molecule has 19 heavy (non-hydrogen) atoms. The monoisotopic (exact) mass is 262 g/mol. The number of azide groups is 1. The highest BCUT2D eigenvalue weighted by Gasteiger charge is 2.18. The quantitative estimate of drug-likeness (QED) is 0.485. The van der Waals surface area contributed by atoms with Gasteiger partial charge in [-0.3, -0.25) is 4.79 Å². The van der Waals surface area contributed by atoms with Crippen molar-refractivity contribution in [2.75, 3.05) is 20.2 Å². The van der Waals surface area contributed by atoms with Crippen molar-refractivity contribution in [3.8, 4) is 5.75 Å². The number of methoxy groups -OCH3 is 1. The van der Waals surface area contributed by atoms with Crippen LogP contribution >= 0.6 is 0 Å². The molecule has 1 amide bonds. The SMILES string of the molecule is COc1ccc(C(=O)NCC(C)(C)CN=[N+]=[N-])cc1. The zero-order valence-corrected chi connectivity index (χ0v) is 11.4. The lowest BCUT2D eigenvalue weighted by Gasteiger charge is -2.22. The van der Waals surface area contributed by atoms with Crippen molar-refractivity contribution in [1.82, 2.24) is 5.32 Å². The largest absolute Gasteiger partial charge is 0.497 e. The second-order valence-electron chi connectivity index (χ2n) is 4.96. The normalized spacial score (nSPS) is 10.5. The summed E-state index contributed by atoms with van der Waals surface area (Å²) in [4.78, 5) is 14.6. The van der Waals surface area contributed by atoms with Crippen LogP contribution in [0.15, 0.2) is 29.4 Å². The van der Waals surface area contributed by atoms with Gasteiger partial charge in [-0.2, -0.15) is 0 Å². The maximum absolute atomic E-state index is 11.9. The minimum Gasteiger partial charge on any atom is -0.497 e. The summed E-state index contributed by atoms with van der Waals surface area (Å²) >= 11 is 0. The van der Waals surface area contributed by atoms with Crippen LogP contribution in [0.3, 0.4) is 0 Å². The minimum atomic E-state index is -0.269. The molecule has 0 saturated carbocycles. The molecule has 0 unspecified atom stereocenters. The van der Waals surface area contributed by atoms with Crippen molar-refractivity contribution in [2.24, 2.45) is 10.5 Å². The summed E-state index contributed by atoms with van der Waals surface area (Å²) in [5, 5.41) is 6.35. The topological polar surface area (TPSA) is 87.1 Å². The van der Waals surface area contributed by atoms with E-state index in [0.717, 1.165) is 0 Å². The van der Waals surface area contributed by atoms with Crippen LogP contribution in [0.5, 0.6) is 5.75 Å². The number of carbonyl (C=O) groups is 1. The molecule has 0 aliphatic heterocycles. The molecule has 0 heterocycles. The number of nitrogens with one attached hydrogen (secondary N) is 1. The van der Waals surface area contributed by atoms with E-state index in [-0.39, 0.29) is 11.3 Å². The van der Waals surface area contributed by atoms with Crippen molar-refractivity contribution in [1.29, 1.82) is 0 Å². The molecule has 0 radical (unpaired) electrons. The molecule has 0 aromatic heterocycles. The van der Waals surface area contributed by atoms with Crippen molar-refractivity contribution < 1.29 is 9.53 Å². The second kappa shape index (κ2) is 6.66. The average Bonchev–Trinajstić information content (AvgIpc) is 2.43. The van der Waals surface area contributed by atoms with Crippen LogP contribution < -0.4 is 10.1 Å². The van der Waals surface area contributed by atoms with Crippen molar-refractivity contribution in [3.05, 3.63) is 40.3 Å².